The van der Waals surface area contributed by atoms with Gasteiger partial charge >= 0.3 is 11.9 Å². The Kier molecular flexibility index (Phi) is 8.51. The Bertz CT molecular complexity index is 533. The SMILES string of the molecule is CC(C)=CC(=O)Oc1ccccc1OC(=O)CCCCCBr. The van der Waals surface area contributed by atoms with Crippen LogP contribution in [0.1, 0.15) is 39.5 Å². The topological polar surface area (TPSA) is 52.6 Å². The summed E-state index contributed by atoms with van der Waals surface area (Å²) in [5.41, 5.74) is 0.839. The molecule has 4 nitrogen and oxygen atoms in total. The molecule has 120 valence electrons. The molecule has 0 saturated heterocycles. The molecule has 0 aliphatic heterocycles. The highest BCUT2D eigenvalue weighted by Crippen LogP contribution is 2.27. The smallest absolute Gasteiger partial charge is 0.336 e. The number of ether oxygens (including phenoxy) is 2. The minimum Gasteiger partial charge on any atom is -0.423 e. The number of hydrogen-bond donors (Lipinski definition) is 0. The van der Waals surface area contributed by atoms with Gasteiger partial charge < -0.3 is 9.47 Å². The van der Waals surface area contributed by atoms with Gasteiger partial charge in [-0.25, -0.2) is 4.79 Å². The molecule has 0 aliphatic carbocycles. The Morgan fingerprint density at radius 2 is 1.68 bits per heavy atom. The molecular formula is C17H21BrO4. The summed E-state index contributed by atoms with van der Waals surface area (Å²) >= 11 is 3.35. The molecule has 0 saturated carbocycles. The number of alkyl halides is 1. The van der Waals surface area contributed by atoms with E-state index >= 15 is 0 Å². The van der Waals surface area contributed by atoms with Crippen molar-refractivity contribution in [3.8, 4) is 11.5 Å². The normalized spacial score (nSPS) is 9.95. The second-order valence-corrected chi connectivity index (χ2v) is 5.86. The Hall–Kier alpha value is -1.62. The molecule has 0 spiro atoms. The molecule has 0 aliphatic rings. The predicted molar refractivity (Wildman–Crippen MR) is 89.4 cm³/mol. The molecular weight excluding hydrogens is 348 g/mol. The van der Waals surface area contributed by atoms with Gasteiger partial charge in [0.15, 0.2) is 11.5 Å². The molecule has 0 atom stereocenters. The second kappa shape index (κ2) is 10.2. The highest BCUT2D eigenvalue weighted by Gasteiger charge is 2.12. The maximum absolute atomic E-state index is 11.8. The van der Waals surface area contributed by atoms with Crippen molar-refractivity contribution in [2.45, 2.75) is 39.5 Å². The van der Waals surface area contributed by atoms with E-state index in [1.807, 2.05) is 0 Å². The van der Waals surface area contributed by atoms with Gasteiger partial charge in [0.25, 0.3) is 0 Å². The van der Waals surface area contributed by atoms with Crippen LogP contribution < -0.4 is 9.47 Å². The van der Waals surface area contributed by atoms with E-state index in [1.54, 1.807) is 38.1 Å². The lowest BCUT2D eigenvalue weighted by atomic mass is 10.2. The minimum atomic E-state index is -0.485. The summed E-state index contributed by atoms with van der Waals surface area (Å²) in [4.78, 5) is 23.5. The first kappa shape index (κ1) is 18.4. The minimum absolute atomic E-state index is 0.249. The zero-order valence-corrected chi connectivity index (χ0v) is 14.5. The van der Waals surface area contributed by atoms with Crippen LogP contribution >= 0.6 is 15.9 Å². The number of hydrogen-bond acceptors (Lipinski definition) is 4. The maximum atomic E-state index is 11.8. The molecule has 22 heavy (non-hydrogen) atoms. The third-order valence-electron chi connectivity index (χ3n) is 2.70. The van der Waals surface area contributed by atoms with Crippen molar-refractivity contribution in [3.63, 3.8) is 0 Å². The lowest BCUT2D eigenvalue weighted by Gasteiger charge is -2.09. The van der Waals surface area contributed by atoms with Gasteiger partial charge in [0.1, 0.15) is 0 Å². The first-order valence-electron chi connectivity index (χ1n) is 7.25. The van der Waals surface area contributed by atoms with Crippen LogP contribution in [-0.2, 0) is 9.59 Å². The van der Waals surface area contributed by atoms with E-state index < -0.39 is 5.97 Å². The molecule has 0 fully saturated rings. The van der Waals surface area contributed by atoms with Crippen molar-refractivity contribution in [1.29, 1.82) is 0 Å². The number of para-hydroxylation sites is 2. The highest BCUT2D eigenvalue weighted by atomic mass is 79.9. The average Bonchev–Trinajstić information content (AvgIpc) is 2.45. The molecule has 5 heteroatoms. The highest BCUT2D eigenvalue weighted by molar-refractivity contribution is 9.09. The van der Waals surface area contributed by atoms with Crippen LogP contribution in [0.25, 0.3) is 0 Å². The molecule has 0 bridgehead atoms. The van der Waals surface area contributed by atoms with Crippen molar-refractivity contribution in [3.05, 3.63) is 35.9 Å². The van der Waals surface area contributed by atoms with E-state index in [0.29, 0.717) is 6.42 Å². The third kappa shape index (κ3) is 7.41. The Balaban J connectivity index is 2.61. The molecule has 0 radical (unpaired) electrons. The summed E-state index contributed by atoms with van der Waals surface area (Å²) in [5.74, 6) is -0.289. The summed E-state index contributed by atoms with van der Waals surface area (Å²) in [6.07, 6.45) is 4.52. The summed E-state index contributed by atoms with van der Waals surface area (Å²) in [5, 5.41) is 0.936. The lowest BCUT2D eigenvalue weighted by Crippen LogP contribution is -2.10. The first-order chi connectivity index (χ1) is 10.5. The molecule has 1 rings (SSSR count). The van der Waals surface area contributed by atoms with Gasteiger partial charge in [0.05, 0.1) is 0 Å². The lowest BCUT2D eigenvalue weighted by molar-refractivity contribution is -0.135. The number of benzene rings is 1. The Morgan fingerprint density at radius 1 is 1.05 bits per heavy atom. The van der Waals surface area contributed by atoms with Crippen molar-refractivity contribution < 1.29 is 19.1 Å². The van der Waals surface area contributed by atoms with E-state index in [-0.39, 0.29) is 17.5 Å². The van der Waals surface area contributed by atoms with Crippen molar-refractivity contribution in [2.75, 3.05) is 5.33 Å². The summed E-state index contributed by atoms with van der Waals surface area (Å²) < 4.78 is 10.5. The summed E-state index contributed by atoms with van der Waals surface area (Å²) in [7, 11) is 0. The number of rotatable bonds is 8. The van der Waals surface area contributed by atoms with E-state index in [1.165, 1.54) is 6.08 Å². The van der Waals surface area contributed by atoms with Gasteiger partial charge in [-0.15, -0.1) is 0 Å². The standard InChI is InChI=1S/C17H21BrO4/c1-13(2)12-17(20)22-15-9-6-5-8-14(15)21-16(19)10-4-3-7-11-18/h5-6,8-9,12H,3-4,7,10-11H2,1-2H3. The van der Waals surface area contributed by atoms with E-state index in [4.69, 9.17) is 9.47 Å². The van der Waals surface area contributed by atoms with Crippen LogP contribution in [0, 0.1) is 0 Å². The molecule has 0 unspecified atom stereocenters. The van der Waals surface area contributed by atoms with E-state index in [0.717, 1.165) is 30.2 Å². The fourth-order valence-corrected chi connectivity index (χ4v) is 2.10. The number of halogens is 1. The molecule has 0 amide bonds. The van der Waals surface area contributed by atoms with Crippen LogP contribution in [-0.4, -0.2) is 17.3 Å². The molecule has 0 aromatic heterocycles. The molecule has 0 N–H and O–H groups in total. The number of esters is 2. The predicted octanol–water partition coefficient (Wildman–Crippen LogP) is 4.42. The first-order valence-corrected chi connectivity index (χ1v) is 8.37. The molecule has 1 aromatic carbocycles. The third-order valence-corrected chi connectivity index (χ3v) is 3.27. The van der Waals surface area contributed by atoms with Crippen molar-refractivity contribution in [1.82, 2.24) is 0 Å². The number of allylic oxidation sites excluding steroid dienone is 1. The zero-order valence-electron chi connectivity index (χ0n) is 12.9. The quantitative estimate of drug-likeness (QED) is 0.224. The zero-order chi connectivity index (χ0) is 16.4. The van der Waals surface area contributed by atoms with Crippen molar-refractivity contribution >= 4 is 27.9 Å². The average molecular weight is 369 g/mol. The Morgan fingerprint density at radius 3 is 2.27 bits per heavy atom. The van der Waals surface area contributed by atoms with Gasteiger partial charge in [0, 0.05) is 17.8 Å². The van der Waals surface area contributed by atoms with Gasteiger partial charge in [0.2, 0.25) is 0 Å². The van der Waals surface area contributed by atoms with Gasteiger partial charge in [-0.3, -0.25) is 4.79 Å². The maximum Gasteiger partial charge on any atom is 0.336 e. The second-order valence-electron chi connectivity index (χ2n) is 5.06. The van der Waals surface area contributed by atoms with E-state index in [9.17, 15) is 9.59 Å². The van der Waals surface area contributed by atoms with Crippen LogP contribution in [0.4, 0.5) is 0 Å². The summed E-state index contributed by atoms with van der Waals surface area (Å²) in [6, 6.07) is 6.66. The van der Waals surface area contributed by atoms with Crippen LogP contribution in [0.5, 0.6) is 11.5 Å². The van der Waals surface area contributed by atoms with E-state index in [2.05, 4.69) is 15.9 Å². The van der Waals surface area contributed by atoms with Crippen LogP contribution in [0.15, 0.2) is 35.9 Å². The largest absolute Gasteiger partial charge is 0.423 e. The summed E-state index contributed by atoms with van der Waals surface area (Å²) in [6.45, 7) is 3.61. The van der Waals surface area contributed by atoms with Gasteiger partial charge in [-0.1, -0.05) is 40.1 Å². The molecule has 1 aromatic rings. The van der Waals surface area contributed by atoms with Gasteiger partial charge in [-0.05, 0) is 38.8 Å². The van der Waals surface area contributed by atoms with Crippen molar-refractivity contribution in [2.24, 2.45) is 0 Å². The monoisotopic (exact) mass is 368 g/mol. The fourth-order valence-electron chi connectivity index (χ4n) is 1.71. The number of unbranched alkanes of at least 4 members (excludes halogenated alkanes) is 2. The van der Waals surface area contributed by atoms with Crippen LogP contribution in [0.2, 0.25) is 0 Å². The van der Waals surface area contributed by atoms with Gasteiger partial charge in [-0.2, -0.15) is 0 Å². The van der Waals surface area contributed by atoms with Crippen LogP contribution in [0.3, 0.4) is 0 Å². The Labute approximate surface area is 139 Å². The fraction of sp³-hybridized carbons (Fsp3) is 0.412. The molecule has 0 heterocycles. The number of carbonyl (C=O) groups is 2. The number of carbonyl (C=O) groups excluding carboxylic acids is 2.